The second kappa shape index (κ2) is 7.30. The highest BCUT2D eigenvalue weighted by Gasteiger charge is 2.19. The smallest absolute Gasteiger partial charge is 0.125 e. The van der Waals surface area contributed by atoms with Gasteiger partial charge in [-0.3, -0.25) is 0 Å². The molecule has 0 amide bonds. The molecule has 0 aliphatic carbocycles. The summed E-state index contributed by atoms with van der Waals surface area (Å²) in [6, 6.07) is 4.17. The van der Waals surface area contributed by atoms with Gasteiger partial charge in [0.2, 0.25) is 0 Å². The summed E-state index contributed by atoms with van der Waals surface area (Å²) >= 11 is 6.18. The Morgan fingerprint density at radius 1 is 1.35 bits per heavy atom. The number of halogens is 1. The van der Waals surface area contributed by atoms with E-state index in [0.29, 0.717) is 0 Å². The maximum Gasteiger partial charge on any atom is 0.125 e. The fourth-order valence-corrected chi connectivity index (χ4v) is 3.03. The van der Waals surface area contributed by atoms with Crippen LogP contribution in [-0.4, -0.2) is 37.2 Å². The van der Waals surface area contributed by atoms with E-state index in [1.807, 2.05) is 12.1 Å². The quantitative estimate of drug-likeness (QED) is 0.841. The summed E-state index contributed by atoms with van der Waals surface area (Å²) in [5.74, 6) is 1.02. The summed E-state index contributed by atoms with van der Waals surface area (Å²) in [5, 5.41) is 0.792. The molecule has 3 nitrogen and oxygen atoms in total. The Morgan fingerprint density at radius 2 is 2.10 bits per heavy atom. The van der Waals surface area contributed by atoms with Crippen molar-refractivity contribution in [3.8, 4) is 5.75 Å². The minimum Gasteiger partial charge on any atom is -0.493 e. The van der Waals surface area contributed by atoms with Gasteiger partial charge in [0, 0.05) is 17.5 Å². The zero-order valence-corrected chi connectivity index (χ0v) is 13.2. The predicted octanol–water partition coefficient (Wildman–Crippen LogP) is 2.88. The van der Waals surface area contributed by atoms with E-state index in [0.717, 1.165) is 61.8 Å². The minimum absolute atomic E-state index is 0.155. The Hall–Kier alpha value is -0.770. The van der Waals surface area contributed by atoms with Crippen LogP contribution in [0.25, 0.3) is 0 Å². The van der Waals surface area contributed by atoms with E-state index in [-0.39, 0.29) is 6.04 Å². The van der Waals surface area contributed by atoms with Crippen LogP contribution in [0.5, 0.6) is 5.75 Å². The van der Waals surface area contributed by atoms with E-state index in [4.69, 9.17) is 22.1 Å². The van der Waals surface area contributed by atoms with Crippen LogP contribution in [0.2, 0.25) is 5.02 Å². The van der Waals surface area contributed by atoms with Gasteiger partial charge in [0.1, 0.15) is 5.75 Å². The summed E-state index contributed by atoms with van der Waals surface area (Å²) < 4.78 is 5.73. The zero-order valence-electron chi connectivity index (χ0n) is 12.5. The van der Waals surface area contributed by atoms with Gasteiger partial charge in [-0.25, -0.2) is 0 Å². The molecule has 4 heteroatoms. The Labute approximate surface area is 127 Å². The highest BCUT2D eigenvalue weighted by atomic mass is 35.5. The molecule has 0 saturated carbocycles. The maximum atomic E-state index is 6.28. The number of rotatable bonds is 7. The molecule has 1 unspecified atom stereocenters. The molecule has 0 fully saturated rings. The molecule has 0 saturated heterocycles. The lowest BCUT2D eigenvalue weighted by Gasteiger charge is -2.21. The molecule has 0 aromatic heterocycles. The molecule has 1 aliphatic heterocycles. The molecule has 0 spiro atoms. The van der Waals surface area contributed by atoms with Crippen molar-refractivity contribution in [3.05, 3.63) is 28.3 Å². The van der Waals surface area contributed by atoms with Crippen molar-refractivity contribution in [2.75, 3.05) is 26.2 Å². The van der Waals surface area contributed by atoms with Gasteiger partial charge in [-0.05, 0) is 55.7 Å². The number of nitrogens with zero attached hydrogens (tertiary/aromatic N) is 1. The Kier molecular flexibility index (Phi) is 5.70. The number of hydrogen-bond acceptors (Lipinski definition) is 3. The van der Waals surface area contributed by atoms with Gasteiger partial charge in [0.25, 0.3) is 0 Å². The molecular weight excluding hydrogens is 272 g/mol. The van der Waals surface area contributed by atoms with Crippen LogP contribution < -0.4 is 10.5 Å². The lowest BCUT2D eigenvalue weighted by molar-refractivity contribution is 0.289. The first kappa shape index (κ1) is 15.6. The van der Waals surface area contributed by atoms with Gasteiger partial charge in [-0.1, -0.05) is 25.4 Å². The summed E-state index contributed by atoms with van der Waals surface area (Å²) in [6.45, 7) is 8.35. The molecule has 1 aromatic rings. The van der Waals surface area contributed by atoms with Crippen LogP contribution in [0, 0.1) is 0 Å². The summed E-state index contributed by atoms with van der Waals surface area (Å²) in [7, 11) is 0. The van der Waals surface area contributed by atoms with Crippen molar-refractivity contribution in [2.24, 2.45) is 5.73 Å². The Bertz CT molecular complexity index is 446. The van der Waals surface area contributed by atoms with Gasteiger partial charge in [-0.2, -0.15) is 0 Å². The second-order valence-corrected chi connectivity index (χ2v) is 5.87. The SMILES string of the molecule is CCN(CC)CCC(N)Cc1cc(Cl)cc2c1OCC2. The van der Waals surface area contributed by atoms with Crippen LogP contribution in [0.3, 0.4) is 0 Å². The van der Waals surface area contributed by atoms with Crippen LogP contribution in [0.15, 0.2) is 12.1 Å². The molecule has 2 N–H and O–H groups in total. The topological polar surface area (TPSA) is 38.5 Å². The van der Waals surface area contributed by atoms with Crippen LogP contribution >= 0.6 is 11.6 Å². The van der Waals surface area contributed by atoms with E-state index < -0.39 is 0 Å². The molecule has 1 aliphatic rings. The molecule has 1 atom stereocenters. The van der Waals surface area contributed by atoms with Crippen molar-refractivity contribution in [1.29, 1.82) is 0 Å². The first-order valence-corrected chi connectivity index (χ1v) is 7.93. The summed E-state index contributed by atoms with van der Waals surface area (Å²) in [4.78, 5) is 2.40. The van der Waals surface area contributed by atoms with E-state index in [1.54, 1.807) is 0 Å². The van der Waals surface area contributed by atoms with E-state index in [9.17, 15) is 0 Å². The van der Waals surface area contributed by atoms with Crippen molar-refractivity contribution < 1.29 is 4.74 Å². The maximum absolute atomic E-state index is 6.28. The predicted molar refractivity (Wildman–Crippen MR) is 84.7 cm³/mol. The lowest BCUT2D eigenvalue weighted by atomic mass is 10.00. The number of nitrogens with two attached hydrogens (primary N) is 1. The van der Waals surface area contributed by atoms with Crippen molar-refractivity contribution in [1.82, 2.24) is 4.90 Å². The largest absolute Gasteiger partial charge is 0.493 e. The summed E-state index contributed by atoms with van der Waals surface area (Å²) in [6.07, 6.45) is 2.80. The zero-order chi connectivity index (χ0) is 14.5. The fraction of sp³-hybridized carbons (Fsp3) is 0.625. The minimum atomic E-state index is 0.155. The van der Waals surface area contributed by atoms with Crippen LogP contribution in [-0.2, 0) is 12.8 Å². The highest BCUT2D eigenvalue weighted by Crippen LogP contribution is 2.33. The van der Waals surface area contributed by atoms with Crippen LogP contribution in [0.4, 0.5) is 0 Å². The number of fused-ring (bicyclic) bond motifs is 1. The first-order valence-electron chi connectivity index (χ1n) is 7.56. The van der Waals surface area contributed by atoms with Crippen molar-refractivity contribution in [2.45, 2.75) is 39.2 Å². The molecular formula is C16H25ClN2O. The number of hydrogen-bond donors (Lipinski definition) is 1. The van der Waals surface area contributed by atoms with Gasteiger partial charge < -0.3 is 15.4 Å². The third-order valence-electron chi connectivity index (χ3n) is 4.02. The van der Waals surface area contributed by atoms with Crippen LogP contribution in [0.1, 0.15) is 31.4 Å². The molecule has 0 bridgehead atoms. The van der Waals surface area contributed by atoms with Gasteiger partial charge in [0.15, 0.2) is 0 Å². The van der Waals surface area contributed by atoms with E-state index in [1.165, 1.54) is 5.56 Å². The highest BCUT2D eigenvalue weighted by molar-refractivity contribution is 6.30. The van der Waals surface area contributed by atoms with Gasteiger partial charge >= 0.3 is 0 Å². The molecule has 0 radical (unpaired) electrons. The molecule has 2 rings (SSSR count). The molecule has 20 heavy (non-hydrogen) atoms. The van der Waals surface area contributed by atoms with E-state index in [2.05, 4.69) is 18.7 Å². The van der Waals surface area contributed by atoms with Gasteiger partial charge in [-0.15, -0.1) is 0 Å². The average Bonchev–Trinajstić information content (AvgIpc) is 2.88. The average molecular weight is 297 g/mol. The standard InChI is InChI=1S/C16H25ClN2O/c1-3-19(4-2)7-5-15(18)11-13-10-14(17)9-12-6-8-20-16(12)13/h9-10,15H,3-8,11,18H2,1-2H3. The second-order valence-electron chi connectivity index (χ2n) is 5.43. The normalized spacial score (nSPS) is 15.2. The van der Waals surface area contributed by atoms with Crippen molar-refractivity contribution in [3.63, 3.8) is 0 Å². The molecule has 1 aromatic carbocycles. The lowest BCUT2D eigenvalue weighted by Crippen LogP contribution is -2.31. The Balaban J connectivity index is 1.96. The fourth-order valence-electron chi connectivity index (χ4n) is 2.77. The van der Waals surface area contributed by atoms with Gasteiger partial charge in [0.05, 0.1) is 6.61 Å². The first-order chi connectivity index (χ1) is 9.63. The third kappa shape index (κ3) is 3.87. The Morgan fingerprint density at radius 3 is 2.80 bits per heavy atom. The molecule has 112 valence electrons. The monoisotopic (exact) mass is 296 g/mol. The number of benzene rings is 1. The third-order valence-corrected chi connectivity index (χ3v) is 4.24. The van der Waals surface area contributed by atoms with Crippen molar-refractivity contribution >= 4 is 11.6 Å². The summed E-state index contributed by atoms with van der Waals surface area (Å²) in [5.41, 5.74) is 8.67. The van der Waals surface area contributed by atoms with E-state index >= 15 is 0 Å². The molecule has 1 heterocycles. The number of ether oxygens (including phenoxy) is 1.